The number of nitrogens with zero attached hydrogens (tertiary/aromatic N) is 2. The van der Waals surface area contributed by atoms with E-state index in [2.05, 4.69) is 10.3 Å². The number of aromatic nitrogens is 1. The molecule has 1 heterocycles. The molecule has 1 aliphatic carbocycles. The van der Waals surface area contributed by atoms with Gasteiger partial charge in [-0.3, -0.25) is 0 Å². The molecule has 0 saturated heterocycles. The van der Waals surface area contributed by atoms with Crippen LogP contribution in [0.25, 0.3) is 0 Å². The fourth-order valence-corrected chi connectivity index (χ4v) is 4.71. The Kier molecular flexibility index (Phi) is 5.33. The molecule has 0 amide bonds. The Hall–Kier alpha value is -1.18. The van der Waals surface area contributed by atoms with Crippen LogP contribution in [0.15, 0.2) is 23.2 Å². The second-order valence-corrected chi connectivity index (χ2v) is 8.68. The minimum absolute atomic E-state index is 0.120. The summed E-state index contributed by atoms with van der Waals surface area (Å²) in [7, 11) is -3.56. The van der Waals surface area contributed by atoms with Gasteiger partial charge in [0.25, 0.3) is 0 Å². The first-order valence-corrected chi connectivity index (χ1v) is 9.55. The molecule has 1 aromatic heterocycles. The third-order valence-corrected chi connectivity index (χ3v) is 6.45. The summed E-state index contributed by atoms with van der Waals surface area (Å²) in [5, 5.41) is 13.1. The van der Waals surface area contributed by atoms with Crippen LogP contribution in [0.4, 0.5) is 5.82 Å². The van der Waals surface area contributed by atoms with Crippen molar-refractivity contribution in [3.05, 3.63) is 18.3 Å². The SMILES string of the molecule is CC(C)N(C(C)C)S(=O)(=O)c1ccc(NCC2(O)CCC2)nc1. The van der Waals surface area contributed by atoms with Gasteiger partial charge in [-0.1, -0.05) is 0 Å². The van der Waals surface area contributed by atoms with Crippen molar-refractivity contribution in [3.63, 3.8) is 0 Å². The van der Waals surface area contributed by atoms with Gasteiger partial charge in [0.2, 0.25) is 10.0 Å². The molecular weight excluding hydrogens is 314 g/mol. The van der Waals surface area contributed by atoms with Gasteiger partial charge in [0.1, 0.15) is 10.7 Å². The average molecular weight is 341 g/mol. The molecule has 0 atom stereocenters. The molecule has 0 bridgehead atoms. The quantitative estimate of drug-likeness (QED) is 0.794. The summed E-state index contributed by atoms with van der Waals surface area (Å²) in [6.07, 6.45) is 4.01. The van der Waals surface area contributed by atoms with E-state index >= 15 is 0 Å². The van der Waals surface area contributed by atoms with E-state index in [1.54, 1.807) is 12.1 Å². The zero-order chi connectivity index (χ0) is 17.3. The van der Waals surface area contributed by atoms with Crippen LogP contribution >= 0.6 is 0 Å². The van der Waals surface area contributed by atoms with Gasteiger partial charge in [0.15, 0.2) is 0 Å². The van der Waals surface area contributed by atoms with Crippen molar-refractivity contribution in [3.8, 4) is 0 Å². The van der Waals surface area contributed by atoms with E-state index in [0.717, 1.165) is 19.3 Å². The van der Waals surface area contributed by atoms with Crippen LogP contribution in [0.1, 0.15) is 47.0 Å². The highest BCUT2D eigenvalue weighted by Crippen LogP contribution is 2.31. The average Bonchev–Trinajstić information content (AvgIpc) is 2.42. The molecule has 0 aromatic carbocycles. The van der Waals surface area contributed by atoms with Gasteiger partial charge in [-0.25, -0.2) is 13.4 Å². The van der Waals surface area contributed by atoms with Crippen LogP contribution in [-0.4, -0.2) is 47.0 Å². The molecule has 0 aliphatic heterocycles. The van der Waals surface area contributed by atoms with Crippen LogP contribution < -0.4 is 5.32 Å². The Bertz CT molecular complexity index is 614. The van der Waals surface area contributed by atoms with Crippen molar-refractivity contribution in [2.24, 2.45) is 0 Å². The second kappa shape index (κ2) is 6.75. The van der Waals surface area contributed by atoms with E-state index < -0.39 is 15.6 Å². The molecule has 1 aliphatic rings. The smallest absolute Gasteiger partial charge is 0.245 e. The minimum atomic E-state index is -3.56. The van der Waals surface area contributed by atoms with Crippen LogP contribution in [0.3, 0.4) is 0 Å². The number of sulfonamides is 1. The normalized spacial score (nSPS) is 17.6. The second-order valence-electron chi connectivity index (χ2n) is 6.83. The summed E-state index contributed by atoms with van der Waals surface area (Å²) < 4.78 is 26.9. The molecule has 1 saturated carbocycles. The molecule has 0 radical (unpaired) electrons. The highest BCUT2D eigenvalue weighted by atomic mass is 32.2. The van der Waals surface area contributed by atoms with E-state index in [1.807, 2.05) is 27.7 Å². The summed E-state index contributed by atoms with van der Waals surface area (Å²) in [4.78, 5) is 4.37. The first-order valence-electron chi connectivity index (χ1n) is 8.11. The molecule has 0 unspecified atom stereocenters. The lowest BCUT2D eigenvalue weighted by Crippen LogP contribution is -2.43. The molecule has 6 nitrogen and oxygen atoms in total. The first-order chi connectivity index (χ1) is 10.7. The highest BCUT2D eigenvalue weighted by molar-refractivity contribution is 7.89. The van der Waals surface area contributed by atoms with Crippen LogP contribution in [0.2, 0.25) is 0 Å². The maximum atomic E-state index is 12.7. The molecular formula is C16H27N3O3S. The maximum absolute atomic E-state index is 12.7. The van der Waals surface area contributed by atoms with Crippen molar-refractivity contribution < 1.29 is 13.5 Å². The molecule has 1 aromatic rings. The number of hydrogen-bond donors (Lipinski definition) is 2. The summed E-state index contributed by atoms with van der Waals surface area (Å²) in [6, 6.07) is 2.97. The zero-order valence-corrected chi connectivity index (χ0v) is 15.1. The van der Waals surface area contributed by atoms with Gasteiger partial charge in [0, 0.05) is 24.8 Å². The highest BCUT2D eigenvalue weighted by Gasteiger charge is 2.34. The fourth-order valence-electron chi connectivity index (χ4n) is 2.93. The third kappa shape index (κ3) is 4.02. The van der Waals surface area contributed by atoms with Crippen molar-refractivity contribution in [1.29, 1.82) is 0 Å². The lowest BCUT2D eigenvalue weighted by atomic mass is 9.80. The fraction of sp³-hybridized carbons (Fsp3) is 0.688. The zero-order valence-electron chi connectivity index (χ0n) is 14.3. The van der Waals surface area contributed by atoms with E-state index in [0.29, 0.717) is 12.4 Å². The summed E-state index contributed by atoms with van der Waals surface area (Å²) in [5.74, 6) is 0.574. The van der Waals surface area contributed by atoms with Gasteiger partial charge >= 0.3 is 0 Å². The molecule has 2 N–H and O–H groups in total. The molecule has 7 heteroatoms. The van der Waals surface area contributed by atoms with Gasteiger partial charge in [-0.2, -0.15) is 4.31 Å². The number of anilines is 1. The van der Waals surface area contributed by atoms with Crippen molar-refractivity contribution in [2.75, 3.05) is 11.9 Å². The number of hydrogen-bond acceptors (Lipinski definition) is 5. The van der Waals surface area contributed by atoms with Crippen LogP contribution in [-0.2, 0) is 10.0 Å². The number of pyridine rings is 1. The van der Waals surface area contributed by atoms with Gasteiger partial charge < -0.3 is 10.4 Å². The number of aliphatic hydroxyl groups is 1. The number of nitrogens with one attached hydrogen (secondary N) is 1. The molecule has 2 rings (SSSR count). The molecule has 1 fully saturated rings. The molecule has 23 heavy (non-hydrogen) atoms. The summed E-state index contributed by atoms with van der Waals surface area (Å²) in [6.45, 7) is 7.89. The number of rotatable bonds is 7. The lowest BCUT2D eigenvalue weighted by molar-refractivity contribution is -0.0202. The Morgan fingerprint density at radius 2 is 1.87 bits per heavy atom. The van der Waals surface area contributed by atoms with Crippen LogP contribution in [0.5, 0.6) is 0 Å². The van der Waals surface area contributed by atoms with Crippen molar-refractivity contribution in [2.45, 2.75) is 69.5 Å². The van der Waals surface area contributed by atoms with Crippen LogP contribution in [0, 0.1) is 0 Å². The van der Waals surface area contributed by atoms with Gasteiger partial charge in [-0.05, 0) is 59.1 Å². The first kappa shape index (κ1) is 18.2. The van der Waals surface area contributed by atoms with Gasteiger partial charge in [0.05, 0.1) is 5.60 Å². The Morgan fingerprint density at radius 1 is 1.26 bits per heavy atom. The van der Waals surface area contributed by atoms with E-state index in [9.17, 15) is 13.5 Å². The molecule has 130 valence electrons. The largest absolute Gasteiger partial charge is 0.388 e. The minimum Gasteiger partial charge on any atom is -0.388 e. The predicted octanol–water partition coefficient (Wildman–Crippen LogP) is 2.22. The maximum Gasteiger partial charge on any atom is 0.245 e. The standard InChI is InChI=1S/C16H27N3O3S/c1-12(2)19(13(3)4)23(21,22)14-6-7-15(17-10-14)18-11-16(20)8-5-9-16/h6-7,10,12-13,20H,5,8-9,11H2,1-4H3,(H,17,18). The topological polar surface area (TPSA) is 82.5 Å². The van der Waals surface area contributed by atoms with E-state index in [4.69, 9.17) is 0 Å². The lowest BCUT2D eigenvalue weighted by Gasteiger charge is -2.36. The Labute approximate surface area is 139 Å². The summed E-state index contributed by atoms with van der Waals surface area (Å²) in [5.41, 5.74) is -0.640. The summed E-state index contributed by atoms with van der Waals surface area (Å²) >= 11 is 0. The third-order valence-electron chi connectivity index (χ3n) is 4.21. The van der Waals surface area contributed by atoms with E-state index in [-0.39, 0.29) is 17.0 Å². The van der Waals surface area contributed by atoms with Crippen molar-refractivity contribution in [1.82, 2.24) is 9.29 Å². The Morgan fingerprint density at radius 3 is 2.26 bits per heavy atom. The monoisotopic (exact) mass is 341 g/mol. The van der Waals surface area contributed by atoms with Gasteiger partial charge in [-0.15, -0.1) is 0 Å². The predicted molar refractivity (Wildman–Crippen MR) is 90.8 cm³/mol. The molecule has 0 spiro atoms. The van der Waals surface area contributed by atoms with E-state index in [1.165, 1.54) is 10.5 Å². The Balaban J connectivity index is 2.11. The van der Waals surface area contributed by atoms with Crippen molar-refractivity contribution >= 4 is 15.8 Å².